The van der Waals surface area contributed by atoms with E-state index in [1.165, 1.54) is 0 Å². The standard InChI is InChI=1S/C14H24N2O2/c1-6-8-11(9-7-2)13(17)16-12(10(3)4)14(18)15-5/h6,8-10,12H,7H2,1-5H3,(H,15,18)(H,16,17)/b8-6-,11-9+. The Bertz CT molecular complexity index is 344. The van der Waals surface area contributed by atoms with E-state index in [-0.39, 0.29) is 17.7 Å². The molecule has 4 heteroatoms. The average molecular weight is 252 g/mol. The van der Waals surface area contributed by atoms with Crippen LogP contribution < -0.4 is 10.6 Å². The van der Waals surface area contributed by atoms with Crippen LogP contribution in [0.4, 0.5) is 0 Å². The van der Waals surface area contributed by atoms with Gasteiger partial charge in [-0.15, -0.1) is 0 Å². The van der Waals surface area contributed by atoms with Gasteiger partial charge in [0.1, 0.15) is 6.04 Å². The maximum absolute atomic E-state index is 12.0. The van der Waals surface area contributed by atoms with Crippen LogP contribution in [0.5, 0.6) is 0 Å². The van der Waals surface area contributed by atoms with Crippen molar-refractivity contribution in [3.05, 3.63) is 23.8 Å². The molecule has 2 amide bonds. The van der Waals surface area contributed by atoms with E-state index in [1.54, 1.807) is 13.1 Å². The van der Waals surface area contributed by atoms with E-state index in [2.05, 4.69) is 10.6 Å². The SMILES string of the molecule is C/C=C\C(=C/CC)C(=O)NC(C(=O)NC)C(C)C. The van der Waals surface area contributed by atoms with Gasteiger partial charge < -0.3 is 10.6 Å². The van der Waals surface area contributed by atoms with E-state index >= 15 is 0 Å². The van der Waals surface area contributed by atoms with Gasteiger partial charge in [-0.1, -0.05) is 39.0 Å². The number of hydrogen-bond donors (Lipinski definition) is 2. The summed E-state index contributed by atoms with van der Waals surface area (Å²) in [5.74, 6) is -0.339. The lowest BCUT2D eigenvalue weighted by Crippen LogP contribution is -2.49. The molecule has 18 heavy (non-hydrogen) atoms. The molecular formula is C14H24N2O2. The number of allylic oxidation sites excluding steroid dienone is 2. The second kappa shape index (κ2) is 8.50. The Hall–Kier alpha value is -1.58. The summed E-state index contributed by atoms with van der Waals surface area (Å²) in [5.41, 5.74) is 0.592. The first-order valence-electron chi connectivity index (χ1n) is 6.33. The fourth-order valence-corrected chi connectivity index (χ4v) is 1.55. The molecule has 4 nitrogen and oxygen atoms in total. The van der Waals surface area contributed by atoms with Gasteiger partial charge in [-0.3, -0.25) is 9.59 Å². The van der Waals surface area contributed by atoms with Crippen molar-refractivity contribution in [2.24, 2.45) is 5.92 Å². The fourth-order valence-electron chi connectivity index (χ4n) is 1.55. The highest BCUT2D eigenvalue weighted by atomic mass is 16.2. The summed E-state index contributed by atoms with van der Waals surface area (Å²) in [6.07, 6.45) is 6.18. The quantitative estimate of drug-likeness (QED) is 0.559. The Balaban J connectivity index is 4.88. The van der Waals surface area contributed by atoms with Crippen LogP contribution in [0, 0.1) is 5.92 Å². The molecule has 0 saturated carbocycles. The number of carbonyl (C=O) groups excluding carboxylic acids is 2. The number of likely N-dealkylation sites (N-methyl/N-ethyl adjacent to an activating group) is 1. The van der Waals surface area contributed by atoms with E-state index in [9.17, 15) is 9.59 Å². The van der Waals surface area contributed by atoms with E-state index in [0.29, 0.717) is 5.57 Å². The third kappa shape index (κ3) is 5.17. The van der Waals surface area contributed by atoms with Gasteiger partial charge >= 0.3 is 0 Å². The number of hydrogen-bond acceptors (Lipinski definition) is 2. The van der Waals surface area contributed by atoms with Gasteiger partial charge in [-0.05, 0) is 19.3 Å². The molecule has 0 aromatic carbocycles. The van der Waals surface area contributed by atoms with Crippen molar-refractivity contribution in [3.63, 3.8) is 0 Å². The Morgan fingerprint density at radius 2 is 1.89 bits per heavy atom. The highest BCUT2D eigenvalue weighted by Crippen LogP contribution is 2.05. The average Bonchev–Trinajstić information content (AvgIpc) is 2.34. The molecule has 0 rings (SSSR count). The Morgan fingerprint density at radius 3 is 2.28 bits per heavy atom. The third-order valence-corrected chi connectivity index (χ3v) is 2.51. The van der Waals surface area contributed by atoms with Gasteiger partial charge in [0.25, 0.3) is 5.91 Å². The minimum absolute atomic E-state index is 0.0439. The molecule has 0 aliphatic rings. The summed E-state index contributed by atoms with van der Waals surface area (Å²) in [6, 6.07) is -0.506. The summed E-state index contributed by atoms with van der Waals surface area (Å²) in [7, 11) is 1.57. The second-order valence-corrected chi connectivity index (χ2v) is 4.38. The van der Waals surface area contributed by atoms with E-state index in [1.807, 2.05) is 39.8 Å². The Kier molecular flexibility index (Phi) is 7.76. The highest BCUT2D eigenvalue weighted by Gasteiger charge is 2.23. The van der Waals surface area contributed by atoms with Crippen LogP contribution in [0.15, 0.2) is 23.8 Å². The molecule has 1 unspecified atom stereocenters. The molecule has 0 saturated heterocycles. The predicted molar refractivity (Wildman–Crippen MR) is 74.0 cm³/mol. The summed E-state index contributed by atoms with van der Waals surface area (Å²) < 4.78 is 0. The van der Waals surface area contributed by atoms with Gasteiger partial charge in [0.2, 0.25) is 5.91 Å². The molecule has 0 radical (unpaired) electrons. The van der Waals surface area contributed by atoms with Crippen molar-refractivity contribution >= 4 is 11.8 Å². The van der Waals surface area contributed by atoms with Crippen LogP contribution in [0.2, 0.25) is 0 Å². The van der Waals surface area contributed by atoms with Crippen molar-refractivity contribution in [3.8, 4) is 0 Å². The van der Waals surface area contributed by atoms with Crippen molar-refractivity contribution in [2.75, 3.05) is 7.05 Å². The lowest BCUT2D eigenvalue weighted by Gasteiger charge is -2.20. The molecule has 0 aliphatic carbocycles. The predicted octanol–water partition coefficient (Wildman–Crippen LogP) is 1.79. The van der Waals surface area contributed by atoms with Crippen molar-refractivity contribution < 1.29 is 9.59 Å². The molecule has 0 fully saturated rings. The highest BCUT2D eigenvalue weighted by molar-refractivity contribution is 5.99. The van der Waals surface area contributed by atoms with Crippen molar-refractivity contribution in [1.29, 1.82) is 0 Å². The van der Waals surface area contributed by atoms with Crippen LogP contribution >= 0.6 is 0 Å². The summed E-state index contributed by atoms with van der Waals surface area (Å²) in [6.45, 7) is 7.63. The molecular weight excluding hydrogens is 228 g/mol. The van der Waals surface area contributed by atoms with Gasteiger partial charge in [0, 0.05) is 12.6 Å². The zero-order valence-electron chi connectivity index (χ0n) is 11.9. The number of amides is 2. The maximum Gasteiger partial charge on any atom is 0.251 e. The molecule has 2 N–H and O–H groups in total. The zero-order valence-corrected chi connectivity index (χ0v) is 11.9. The second-order valence-electron chi connectivity index (χ2n) is 4.38. The van der Waals surface area contributed by atoms with Crippen molar-refractivity contribution in [2.45, 2.75) is 40.2 Å². The molecule has 0 aliphatic heterocycles. The van der Waals surface area contributed by atoms with Gasteiger partial charge in [-0.2, -0.15) is 0 Å². The largest absolute Gasteiger partial charge is 0.357 e. The molecule has 0 aromatic rings. The van der Waals surface area contributed by atoms with Crippen molar-refractivity contribution in [1.82, 2.24) is 10.6 Å². The van der Waals surface area contributed by atoms with Gasteiger partial charge in [0.05, 0.1) is 0 Å². The molecule has 102 valence electrons. The zero-order chi connectivity index (χ0) is 14.1. The van der Waals surface area contributed by atoms with E-state index in [0.717, 1.165) is 6.42 Å². The van der Waals surface area contributed by atoms with Crippen LogP contribution in [0.1, 0.15) is 34.1 Å². The summed E-state index contributed by atoms with van der Waals surface area (Å²) >= 11 is 0. The molecule has 0 aromatic heterocycles. The molecule has 0 heterocycles. The fraction of sp³-hybridized carbons (Fsp3) is 0.571. The first-order valence-corrected chi connectivity index (χ1v) is 6.33. The van der Waals surface area contributed by atoms with Gasteiger partial charge in [0.15, 0.2) is 0 Å². The van der Waals surface area contributed by atoms with Crippen LogP contribution in [-0.2, 0) is 9.59 Å². The number of nitrogens with one attached hydrogen (secondary N) is 2. The normalized spacial score (nSPS) is 13.8. The lowest BCUT2D eigenvalue weighted by molar-refractivity contribution is -0.128. The van der Waals surface area contributed by atoms with Crippen LogP contribution in [-0.4, -0.2) is 24.9 Å². The molecule has 1 atom stereocenters. The minimum Gasteiger partial charge on any atom is -0.357 e. The number of carbonyl (C=O) groups is 2. The Labute approximate surface area is 110 Å². The smallest absolute Gasteiger partial charge is 0.251 e. The Morgan fingerprint density at radius 1 is 1.28 bits per heavy atom. The molecule has 0 bridgehead atoms. The first kappa shape index (κ1) is 16.4. The summed E-state index contributed by atoms with van der Waals surface area (Å²) in [4.78, 5) is 23.7. The summed E-state index contributed by atoms with van der Waals surface area (Å²) in [5, 5.41) is 5.33. The van der Waals surface area contributed by atoms with E-state index in [4.69, 9.17) is 0 Å². The monoisotopic (exact) mass is 252 g/mol. The third-order valence-electron chi connectivity index (χ3n) is 2.51. The maximum atomic E-state index is 12.0. The number of rotatable bonds is 6. The van der Waals surface area contributed by atoms with Gasteiger partial charge in [-0.25, -0.2) is 0 Å². The topological polar surface area (TPSA) is 58.2 Å². The first-order chi connectivity index (χ1) is 8.47. The molecule has 0 spiro atoms. The van der Waals surface area contributed by atoms with Crippen LogP contribution in [0.25, 0.3) is 0 Å². The van der Waals surface area contributed by atoms with E-state index < -0.39 is 6.04 Å². The van der Waals surface area contributed by atoms with Crippen LogP contribution in [0.3, 0.4) is 0 Å². The minimum atomic E-state index is -0.506. The lowest BCUT2D eigenvalue weighted by atomic mass is 10.0.